The zero-order chi connectivity index (χ0) is 14.2. The van der Waals surface area contributed by atoms with Crippen molar-refractivity contribution >= 4 is 5.95 Å². The maximum atomic E-state index is 13.2. The summed E-state index contributed by atoms with van der Waals surface area (Å²) < 4.78 is 15.2. The summed E-state index contributed by atoms with van der Waals surface area (Å²) in [4.78, 5) is 29.4. The van der Waals surface area contributed by atoms with Gasteiger partial charge in [-0.3, -0.25) is 4.57 Å². The van der Waals surface area contributed by atoms with E-state index in [0.29, 0.717) is 0 Å². The van der Waals surface area contributed by atoms with Crippen LogP contribution in [0.1, 0.15) is 0 Å². The van der Waals surface area contributed by atoms with E-state index in [1.165, 1.54) is 29.8 Å². The molecule has 0 fully saturated rings. The van der Waals surface area contributed by atoms with Gasteiger partial charge in [0.15, 0.2) is 0 Å². The van der Waals surface area contributed by atoms with Gasteiger partial charge in [0.25, 0.3) is 0 Å². The number of anilines is 1. The molecule has 0 spiro atoms. The topological polar surface area (TPSA) is 60.1 Å². The summed E-state index contributed by atoms with van der Waals surface area (Å²) in [5.41, 5.74) is -1.16. The zero-order valence-corrected chi connectivity index (χ0v) is 10.8. The smallest absolute Gasteiger partial charge is 0.348 e. The van der Waals surface area contributed by atoms with Gasteiger partial charge in [0.1, 0.15) is 5.82 Å². The van der Waals surface area contributed by atoms with Crippen molar-refractivity contribution in [1.29, 1.82) is 0 Å². The molecule has 0 aliphatic carbocycles. The van der Waals surface area contributed by atoms with Crippen LogP contribution in [0.4, 0.5) is 10.3 Å². The van der Waals surface area contributed by atoms with Crippen molar-refractivity contribution in [2.24, 2.45) is 7.05 Å². The molecular weight excluding hydrogens is 251 g/mol. The van der Waals surface area contributed by atoms with Crippen molar-refractivity contribution < 1.29 is 4.39 Å². The van der Waals surface area contributed by atoms with Crippen molar-refractivity contribution in [2.45, 2.75) is 0 Å². The van der Waals surface area contributed by atoms with Crippen LogP contribution in [-0.4, -0.2) is 28.2 Å². The molecule has 0 unspecified atom stereocenters. The van der Waals surface area contributed by atoms with Crippen molar-refractivity contribution in [3.8, 4) is 5.69 Å². The third kappa shape index (κ3) is 2.26. The standard InChI is InChI=1S/C12H13FN4O2/c1-15(2)10-14-11(18)17(12(19)16(10)3)9-6-4-5-8(13)7-9/h4-7H,1-3H3. The van der Waals surface area contributed by atoms with Crippen LogP contribution in [0.2, 0.25) is 0 Å². The summed E-state index contributed by atoms with van der Waals surface area (Å²) in [6, 6.07) is 5.25. The molecule has 6 nitrogen and oxygen atoms in total. The Morgan fingerprint density at radius 2 is 1.95 bits per heavy atom. The first-order chi connectivity index (χ1) is 8.91. The minimum atomic E-state index is -0.739. The van der Waals surface area contributed by atoms with E-state index in [4.69, 9.17) is 0 Å². The lowest BCUT2D eigenvalue weighted by atomic mass is 10.3. The summed E-state index contributed by atoms with van der Waals surface area (Å²) >= 11 is 0. The van der Waals surface area contributed by atoms with Crippen LogP contribution in [-0.2, 0) is 7.05 Å². The number of hydrogen-bond acceptors (Lipinski definition) is 4. The second kappa shape index (κ2) is 4.68. The maximum Gasteiger partial charge on any atom is 0.359 e. The van der Waals surface area contributed by atoms with Gasteiger partial charge in [0, 0.05) is 21.1 Å². The van der Waals surface area contributed by atoms with Crippen LogP contribution in [0.5, 0.6) is 0 Å². The molecule has 0 bridgehead atoms. The van der Waals surface area contributed by atoms with E-state index in [1.54, 1.807) is 19.0 Å². The number of rotatable bonds is 2. The first kappa shape index (κ1) is 13.0. The molecule has 0 atom stereocenters. The average molecular weight is 264 g/mol. The second-order valence-electron chi connectivity index (χ2n) is 4.25. The van der Waals surface area contributed by atoms with Crippen LogP contribution in [0.25, 0.3) is 5.69 Å². The predicted molar refractivity (Wildman–Crippen MR) is 69.4 cm³/mol. The molecule has 2 aromatic rings. The Labute approximate surface area is 108 Å². The van der Waals surface area contributed by atoms with Crippen LogP contribution >= 0.6 is 0 Å². The third-order valence-electron chi connectivity index (χ3n) is 2.63. The molecule has 0 amide bonds. The van der Waals surface area contributed by atoms with E-state index < -0.39 is 17.2 Å². The lowest BCUT2D eigenvalue weighted by Gasteiger charge is -2.15. The highest BCUT2D eigenvalue weighted by atomic mass is 19.1. The van der Waals surface area contributed by atoms with Gasteiger partial charge in [0.05, 0.1) is 5.69 Å². The van der Waals surface area contributed by atoms with Crippen LogP contribution < -0.4 is 16.3 Å². The lowest BCUT2D eigenvalue weighted by molar-refractivity contribution is 0.622. The fourth-order valence-corrected chi connectivity index (χ4v) is 1.76. The fourth-order valence-electron chi connectivity index (χ4n) is 1.76. The Bertz CT molecular complexity index is 733. The average Bonchev–Trinajstić information content (AvgIpc) is 2.33. The molecule has 1 aromatic carbocycles. The molecule has 0 radical (unpaired) electrons. The lowest BCUT2D eigenvalue weighted by Crippen LogP contribution is -2.42. The predicted octanol–water partition coefficient (Wildman–Crippen LogP) is 0.136. The molecule has 0 aliphatic heterocycles. The van der Waals surface area contributed by atoms with Crippen molar-refractivity contribution in [3.63, 3.8) is 0 Å². The zero-order valence-electron chi connectivity index (χ0n) is 10.8. The van der Waals surface area contributed by atoms with Gasteiger partial charge in [-0.1, -0.05) is 6.07 Å². The minimum Gasteiger partial charge on any atom is -0.348 e. The van der Waals surface area contributed by atoms with Gasteiger partial charge in [-0.2, -0.15) is 4.98 Å². The normalized spacial score (nSPS) is 10.5. The Morgan fingerprint density at radius 1 is 1.26 bits per heavy atom. The van der Waals surface area contributed by atoms with Gasteiger partial charge in [0.2, 0.25) is 5.95 Å². The summed E-state index contributed by atoms with van der Waals surface area (Å²) in [5.74, 6) is -0.286. The number of benzene rings is 1. The molecule has 0 saturated carbocycles. The molecule has 1 aromatic heterocycles. The highest BCUT2D eigenvalue weighted by molar-refractivity contribution is 5.33. The maximum absolute atomic E-state index is 13.2. The summed E-state index contributed by atoms with van der Waals surface area (Å²) in [7, 11) is 4.85. The first-order valence-electron chi connectivity index (χ1n) is 5.55. The molecule has 100 valence electrons. The van der Waals surface area contributed by atoms with Gasteiger partial charge in [-0.15, -0.1) is 0 Å². The Kier molecular flexibility index (Phi) is 3.20. The van der Waals surface area contributed by atoms with Crippen LogP contribution in [0.3, 0.4) is 0 Å². The Hall–Kier alpha value is -2.44. The number of aromatic nitrogens is 3. The van der Waals surface area contributed by atoms with Crippen molar-refractivity contribution in [2.75, 3.05) is 19.0 Å². The Morgan fingerprint density at radius 3 is 2.53 bits per heavy atom. The minimum absolute atomic E-state index is 0.156. The quantitative estimate of drug-likeness (QED) is 0.774. The molecular formula is C12H13FN4O2. The molecule has 0 aliphatic rings. The van der Waals surface area contributed by atoms with Crippen molar-refractivity contribution in [3.05, 3.63) is 51.1 Å². The monoisotopic (exact) mass is 264 g/mol. The van der Waals surface area contributed by atoms with E-state index >= 15 is 0 Å². The van der Waals surface area contributed by atoms with Crippen LogP contribution in [0, 0.1) is 5.82 Å². The van der Waals surface area contributed by atoms with Gasteiger partial charge >= 0.3 is 11.4 Å². The highest BCUT2D eigenvalue weighted by Crippen LogP contribution is 2.06. The second-order valence-corrected chi connectivity index (χ2v) is 4.25. The molecule has 1 heterocycles. The van der Waals surface area contributed by atoms with Gasteiger partial charge in [-0.05, 0) is 18.2 Å². The van der Waals surface area contributed by atoms with Gasteiger partial charge in [-0.25, -0.2) is 18.5 Å². The van der Waals surface area contributed by atoms with E-state index in [1.807, 2.05) is 0 Å². The molecule has 19 heavy (non-hydrogen) atoms. The van der Waals surface area contributed by atoms with Crippen LogP contribution in [0.15, 0.2) is 33.9 Å². The van der Waals surface area contributed by atoms with E-state index in [2.05, 4.69) is 4.98 Å². The van der Waals surface area contributed by atoms with E-state index in [0.717, 1.165) is 10.6 Å². The molecule has 0 saturated heterocycles. The Balaban J connectivity index is 2.77. The van der Waals surface area contributed by atoms with Crippen molar-refractivity contribution in [1.82, 2.24) is 14.1 Å². The van der Waals surface area contributed by atoms with Gasteiger partial charge < -0.3 is 4.90 Å². The molecule has 2 rings (SSSR count). The SMILES string of the molecule is CN(C)c1nc(=O)n(-c2cccc(F)c2)c(=O)n1C. The molecule has 7 heteroatoms. The fraction of sp³-hybridized carbons (Fsp3) is 0.250. The third-order valence-corrected chi connectivity index (χ3v) is 2.63. The highest BCUT2D eigenvalue weighted by Gasteiger charge is 2.13. The molecule has 0 N–H and O–H groups in total. The largest absolute Gasteiger partial charge is 0.359 e. The number of halogens is 1. The van der Waals surface area contributed by atoms with E-state index in [-0.39, 0.29) is 11.6 Å². The van der Waals surface area contributed by atoms with E-state index in [9.17, 15) is 14.0 Å². The number of nitrogens with zero attached hydrogens (tertiary/aromatic N) is 4. The summed E-state index contributed by atoms with van der Waals surface area (Å²) in [6.07, 6.45) is 0. The first-order valence-corrected chi connectivity index (χ1v) is 5.55. The summed E-state index contributed by atoms with van der Waals surface area (Å²) in [6.45, 7) is 0. The summed E-state index contributed by atoms with van der Waals surface area (Å²) in [5, 5.41) is 0. The number of hydrogen-bond donors (Lipinski definition) is 0.